The van der Waals surface area contributed by atoms with Gasteiger partial charge in [0.15, 0.2) is 0 Å². The Hall–Kier alpha value is -1.26. The van der Waals surface area contributed by atoms with Gasteiger partial charge in [0.05, 0.1) is 0 Å². The number of hydrogen-bond acceptors (Lipinski definition) is 3. The average Bonchev–Trinajstić information content (AvgIpc) is 2.70. The zero-order chi connectivity index (χ0) is 12.3. The maximum atomic E-state index is 11.8. The first kappa shape index (κ1) is 12.2. The molecule has 2 atom stereocenters. The van der Waals surface area contributed by atoms with Crippen molar-refractivity contribution in [2.24, 2.45) is 22.7 Å². The van der Waals surface area contributed by atoms with Crippen LogP contribution in [0.1, 0.15) is 44.9 Å². The maximum absolute atomic E-state index is 11.8. The van der Waals surface area contributed by atoms with Gasteiger partial charge >= 0.3 is 0 Å². The molecule has 2 unspecified atom stereocenters. The molecule has 2 saturated carbocycles. The fourth-order valence-corrected chi connectivity index (χ4v) is 2.79. The molecule has 0 radical (unpaired) electrons. The zero-order valence-electron chi connectivity index (χ0n) is 10.1. The molecular formula is C12H21N3O2. The molecule has 17 heavy (non-hydrogen) atoms. The van der Waals surface area contributed by atoms with E-state index >= 15 is 0 Å². The number of carbonyl (C=O) groups is 1. The molecule has 0 saturated heterocycles. The topological polar surface area (TPSA) is 87.7 Å². The van der Waals surface area contributed by atoms with Crippen molar-refractivity contribution in [1.82, 2.24) is 5.32 Å². The molecule has 2 aliphatic carbocycles. The van der Waals surface area contributed by atoms with Gasteiger partial charge in [0.1, 0.15) is 5.84 Å². The van der Waals surface area contributed by atoms with Crippen LogP contribution in [0.2, 0.25) is 0 Å². The third-order valence-electron chi connectivity index (χ3n) is 4.06. The molecule has 0 heterocycles. The Labute approximate surface area is 101 Å². The lowest BCUT2D eigenvalue weighted by molar-refractivity contribution is -0.123. The quantitative estimate of drug-likeness (QED) is 0.298. The lowest BCUT2D eigenvalue weighted by Crippen LogP contribution is -2.43. The van der Waals surface area contributed by atoms with E-state index in [1.54, 1.807) is 0 Å². The van der Waals surface area contributed by atoms with Crippen LogP contribution in [-0.4, -0.2) is 23.0 Å². The summed E-state index contributed by atoms with van der Waals surface area (Å²) in [6.07, 6.45) is 7.10. The summed E-state index contributed by atoms with van der Waals surface area (Å²) < 4.78 is 0. The van der Waals surface area contributed by atoms with Gasteiger partial charge in [-0.15, -0.1) is 0 Å². The summed E-state index contributed by atoms with van der Waals surface area (Å²) in [6.45, 7) is 0. The molecule has 0 bridgehead atoms. The van der Waals surface area contributed by atoms with Gasteiger partial charge in [0.2, 0.25) is 5.91 Å². The van der Waals surface area contributed by atoms with Crippen LogP contribution >= 0.6 is 0 Å². The summed E-state index contributed by atoms with van der Waals surface area (Å²) in [6, 6.07) is 0.0541. The van der Waals surface area contributed by atoms with E-state index in [0.717, 1.165) is 19.3 Å². The SMILES string of the molecule is NC(=NO)C1CCCC1NC(=O)CC1CCC1. The van der Waals surface area contributed by atoms with E-state index in [1.165, 1.54) is 19.3 Å². The molecule has 4 N–H and O–H groups in total. The number of rotatable bonds is 4. The van der Waals surface area contributed by atoms with Crippen LogP contribution in [0.25, 0.3) is 0 Å². The summed E-state index contributed by atoms with van der Waals surface area (Å²) >= 11 is 0. The molecule has 1 amide bonds. The number of amides is 1. The Balaban J connectivity index is 1.82. The lowest BCUT2D eigenvalue weighted by atomic mass is 9.83. The third kappa shape index (κ3) is 2.90. The minimum Gasteiger partial charge on any atom is -0.409 e. The Kier molecular flexibility index (Phi) is 3.86. The smallest absolute Gasteiger partial charge is 0.220 e. The average molecular weight is 239 g/mol. The molecule has 5 heteroatoms. The predicted octanol–water partition coefficient (Wildman–Crippen LogP) is 1.21. The van der Waals surface area contributed by atoms with E-state index in [4.69, 9.17) is 10.9 Å². The molecule has 0 aromatic rings. The summed E-state index contributed by atoms with van der Waals surface area (Å²) in [5, 5.41) is 14.8. The van der Waals surface area contributed by atoms with Gasteiger partial charge in [-0.05, 0) is 31.6 Å². The molecule has 96 valence electrons. The van der Waals surface area contributed by atoms with Gasteiger partial charge < -0.3 is 16.3 Å². The molecule has 2 aliphatic rings. The molecule has 2 fully saturated rings. The van der Waals surface area contributed by atoms with Gasteiger partial charge in [-0.25, -0.2) is 0 Å². The highest BCUT2D eigenvalue weighted by molar-refractivity contribution is 5.84. The molecule has 2 rings (SSSR count). The number of nitrogens with zero attached hydrogens (tertiary/aromatic N) is 1. The third-order valence-corrected chi connectivity index (χ3v) is 4.06. The predicted molar refractivity (Wildman–Crippen MR) is 64.6 cm³/mol. The Morgan fingerprint density at radius 2 is 2.00 bits per heavy atom. The summed E-state index contributed by atoms with van der Waals surface area (Å²) in [4.78, 5) is 11.8. The van der Waals surface area contributed by atoms with Crippen LogP contribution in [0, 0.1) is 11.8 Å². The molecular weight excluding hydrogens is 218 g/mol. The second-order valence-corrected chi connectivity index (χ2v) is 5.24. The highest BCUT2D eigenvalue weighted by atomic mass is 16.4. The lowest BCUT2D eigenvalue weighted by Gasteiger charge is -2.26. The monoisotopic (exact) mass is 239 g/mol. The van der Waals surface area contributed by atoms with E-state index in [0.29, 0.717) is 12.3 Å². The van der Waals surface area contributed by atoms with Crippen molar-refractivity contribution in [3.8, 4) is 0 Å². The highest BCUT2D eigenvalue weighted by Crippen LogP contribution is 2.30. The van der Waals surface area contributed by atoms with Crippen LogP contribution in [0.4, 0.5) is 0 Å². The number of nitrogens with two attached hydrogens (primary N) is 1. The highest BCUT2D eigenvalue weighted by Gasteiger charge is 2.32. The minimum atomic E-state index is 0.00494. The van der Waals surface area contributed by atoms with E-state index < -0.39 is 0 Å². The van der Waals surface area contributed by atoms with Crippen molar-refractivity contribution in [3.05, 3.63) is 0 Å². The van der Waals surface area contributed by atoms with E-state index in [-0.39, 0.29) is 23.7 Å². The standard InChI is InChI=1S/C12H21N3O2/c13-12(15-17)9-5-2-6-10(9)14-11(16)7-8-3-1-4-8/h8-10,17H,1-7H2,(H2,13,15)(H,14,16). The van der Waals surface area contributed by atoms with E-state index in [1.807, 2.05) is 0 Å². The second kappa shape index (κ2) is 5.38. The van der Waals surface area contributed by atoms with Crippen molar-refractivity contribution in [2.45, 2.75) is 51.0 Å². The summed E-state index contributed by atoms with van der Waals surface area (Å²) in [5.41, 5.74) is 5.63. The molecule has 0 aromatic carbocycles. The number of amidine groups is 1. The van der Waals surface area contributed by atoms with Crippen LogP contribution in [0.5, 0.6) is 0 Å². The van der Waals surface area contributed by atoms with Crippen LogP contribution in [-0.2, 0) is 4.79 Å². The number of oxime groups is 1. The van der Waals surface area contributed by atoms with Crippen molar-refractivity contribution >= 4 is 11.7 Å². The van der Waals surface area contributed by atoms with Crippen molar-refractivity contribution in [2.75, 3.05) is 0 Å². The molecule has 5 nitrogen and oxygen atoms in total. The van der Waals surface area contributed by atoms with Crippen LogP contribution in [0.3, 0.4) is 0 Å². The number of nitrogens with one attached hydrogen (secondary N) is 1. The van der Waals surface area contributed by atoms with Crippen molar-refractivity contribution < 1.29 is 10.0 Å². The van der Waals surface area contributed by atoms with Crippen LogP contribution in [0.15, 0.2) is 5.16 Å². The van der Waals surface area contributed by atoms with Crippen molar-refractivity contribution in [3.63, 3.8) is 0 Å². The largest absolute Gasteiger partial charge is 0.409 e. The normalized spacial score (nSPS) is 30.0. The second-order valence-electron chi connectivity index (χ2n) is 5.24. The summed E-state index contributed by atoms with van der Waals surface area (Å²) in [7, 11) is 0. The first-order valence-electron chi connectivity index (χ1n) is 6.47. The Bertz CT molecular complexity index is 313. The van der Waals surface area contributed by atoms with Gasteiger partial charge in [0, 0.05) is 18.4 Å². The van der Waals surface area contributed by atoms with Gasteiger partial charge in [-0.2, -0.15) is 0 Å². The van der Waals surface area contributed by atoms with Crippen molar-refractivity contribution in [1.29, 1.82) is 0 Å². The minimum absolute atomic E-state index is 0.00494. The number of hydrogen-bond donors (Lipinski definition) is 3. The first-order valence-corrected chi connectivity index (χ1v) is 6.47. The molecule has 0 spiro atoms. The van der Waals surface area contributed by atoms with E-state index in [2.05, 4.69) is 10.5 Å². The van der Waals surface area contributed by atoms with Gasteiger partial charge in [0.25, 0.3) is 0 Å². The number of carbonyl (C=O) groups excluding carboxylic acids is 1. The Morgan fingerprint density at radius 3 is 2.59 bits per heavy atom. The Morgan fingerprint density at radius 1 is 1.29 bits per heavy atom. The molecule has 0 aromatic heterocycles. The van der Waals surface area contributed by atoms with E-state index in [9.17, 15) is 4.79 Å². The summed E-state index contributed by atoms with van der Waals surface area (Å²) in [5.74, 6) is 0.956. The fourth-order valence-electron chi connectivity index (χ4n) is 2.79. The van der Waals surface area contributed by atoms with Gasteiger partial charge in [-0.1, -0.05) is 18.0 Å². The zero-order valence-corrected chi connectivity index (χ0v) is 10.1. The first-order chi connectivity index (χ1) is 8.20. The fraction of sp³-hybridized carbons (Fsp3) is 0.833. The van der Waals surface area contributed by atoms with Crippen LogP contribution < -0.4 is 11.1 Å². The van der Waals surface area contributed by atoms with Gasteiger partial charge in [-0.3, -0.25) is 4.79 Å². The molecule has 0 aliphatic heterocycles. The maximum Gasteiger partial charge on any atom is 0.220 e.